The second-order valence-corrected chi connectivity index (χ2v) is 8.03. The van der Waals surface area contributed by atoms with Gasteiger partial charge in [-0.2, -0.15) is 0 Å². The molecule has 1 atom stereocenters. The van der Waals surface area contributed by atoms with Crippen molar-refractivity contribution in [1.82, 2.24) is 0 Å². The minimum Gasteiger partial charge on any atom is -0.289 e. The fourth-order valence-electron chi connectivity index (χ4n) is 4.19. The molecule has 1 unspecified atom stereocenters. The van der Waals surface area contributed by atoms with E-state index in [1.807, 2.05) is 97.1 Å². The van der Waals surface area contributed by atoms with Gasteiger partial charge in [0.25, 0.3) is 0 Å². The van der Waals surface area contributed by atoms with Crippen LogP contribution >= 0.6 is 9.24 Å². The number of allylic oxidation sites excluding steroid dienone is 2. The summed E-state index contributed by atoms with van der Waals surface area (Å²) in [5.41, 5.74) is 5.78. The Hall–Kier alpha value is -3.61. The fourth-order valence-corrected chi connectivity index (χ4v) is 4.64. The highest BCUT2D eigenvalue weighted by Crippen LogP contribution is 2.43. The van der Waals surface area contributed by atoms with Crippen molar-refractivity contribution in [3.05, 3.63) is 125 Å². The van der Waals surface area contributed by atoms with E-state index in [4.69, 9.17) is 0 Å². The van der Waals surface area contributed by atoms with Crippen LogP contribution in [-0.2, 0) is 0 Å². The van der Waals surface area contributed by atoms with Crippen LogP contribution in [0.25, 0.3) is 27.8 Å². The molecule has 31 heavy (non-hydrogen) atoms. The van der Waals surface area contributed by atoms with Crippen molar-refractivity contribution >= 4 is 26.4 Å². The molecule has 4 aromatic rings. The minimum atomic E-state index is -0.129. The lowest BCUT2D eigenvalue weighted by atomic mass is 9.79. The molecule has 4 aromatic carbocycles. The molecular formula is C28H19O2P. The van der Waals surface area contributed by atoms with Gasteiger partial charge in [0.2, 0.25) is 0 Å². The molecule has 0 heterocycles. The van der Waals surface area contributed by atoms with Crippen molar-refractivity contribution in [2.24, 2.45) is 0 Å². The molecule has 1 aliphatic carbocycles. The number of carbonyl (C=O) groups is 2. The summed E-state index contributed by atoms with van der Waals surface area (Å²) in [4.78, 5) is 27.3. The van der Waals surface area contributed by atoms with Crippen molar-refractivity contribution in [2.75, 3.05) is 0 Å². The lowest BCUT2D eigenvalue weighted by Crippen LogP contribution is -2.20. The molecule has 0 radical (unpaired) electrons. The minimum absolute atomic E-state index is 0.123. The van der Waals surface area contributed by atoms with Gasteiger partial charge in [-0.25, -0.2) is 0 Å². The van der Waals surface area contributed by atoms with Crippen LogP contribution in [0.3, 0.4) is 0 Å². The SMILES string of the molecule is O=C1C(P)=C(c2ccccc2)C(=O)c2c1ccc(-c1ccccc1)c2-c1ccccc1. The van der Waals surface area contributed by atoms with E-state index in [0.29, 0.717) is 22.0 Å². The van der Waals surface area contributed by atoms with E-state index in [9.17, 15) is 9.59 Å². The number of rotatable bonds is 3. The van der Waals surface area contributed by atoms with Gasteiger partial charge < -0.3 is 0 Å². The maximum absolute atomic E-state index is 13.9. The number of benzene rings is 4. The summed E-state index contributed by atoms with van der Waals surface area (Å²) in [6, 6.07) is 33.0. The smallest absolute Gasteiger partial charge is 0.195 e. The second-order valence-electron chi connectivity index (χ2n) is 7.46. The summed E-state index contributed by atoms with van der Waals surface area (Å²) in [6.07, 6.45) is 0. The highest BCUT2D eigenvalue weighted by Gasteiger charge is 2.34. The van der Waals surface area contributed by atoms with Crippen LogP contribution < -0.4 is 0 Å². The van der Waals surface area contributed by atoms with Crippen molar-refractivity contribution in [1.29, 1.82) is 0 Å². The third kappa shape index (κ3) is 3.26. The lowest BCUT2D eigenvalue weighted by molar-refractivity contribution is 0.0999. The molecule has 1 aliphatic rings. The zero-order valence-corrected chi connectivity index (χ0v) is 17.9. The van der Waals surface area contributed by atoms with E-state index in [1.165, 1.54) is 0 Å². The molecule has 148 valence electrons. The first-order chi connectivity index (χ1) is 15.2. The average Bonchev–Trinajstić information content (AvgIpc) is 2.83. The molecule has 0 saturated heterocycles. The van der Waals surface area contributed by atoms with E-state index in [1.54, 1.807) is 6.07 Å². The molecule has 0 N–H and O–H groups in total. The molecule has 0 bridgehead atoms. The Kier molecular flexibility index (Phi) is 4.94. The Morgan fingerprint density at radius 3 is 1.52 bits per heavy atom. The normalized spacial score (nSPS) is 13.3. The first kappa shape index (κ1) is 19.4. The number of ketones is 2. The van der Waals surface area contributed by atoms with E-state index in [2.05, 4.69) is 9.24 Å². The Balaban J connectivity index is 1.84. The Bertz CT molecular complexity index is 1340. The van der Waals surface area contributed by atoms with Crippen LogP contribution in [0, 0.1) is 0 Å². The Labute approximate surface area is 183 Å². The molecule has 0 amide bonds. The fraction of sp³-hybridized carbons (Fsp3) is 0. The topological polar surface area (TPSA) is 34.1 Å². The lowest BCUT2D eigenvalue weighted by Gasteiger charge is -2.24. The summed E-state index contributed by atoms with van der Waals surface area (Å²) >= 11 is 0. The summed E-state index contributed by atoms with van der Waals surface area (Å²) in [5.74, 6) is -0.252. The van der Waals surface area contributed by atoms with Crippen molar-refractivity contribution in [2.45, 2.75) is 0 Å². The molecule has 0 spiro atoms. The third-order valence-corrected chi connectivity index (χ3v) is 6.18. The molecule has 3 heteroatoms. The van der Waals surface area contributed by atoms with E-state index in [0.717, 1.165) is 27.8 Å². The number of carbonyl (C=O) groups excluding carboxylic acids is 2. The van der Waals surface area contributed by atoms with Gasteiger partial charge in [0, 0.05) is 27.6 Å². The summed E-state index contributed by atoms with van der Waals surface area (Å²) in [5, 5.41) is 0.412. The summed E-state index contributed by atoms with van der Waals surface area (Å²) in [6.45, 7) is 0. The van der Waals surface area contributed by atoms with Crippen LogP contribution in [0.4, 0.5) is 0 Å². The van der Waals surface area contributed by atoms with Gasteiger partial charge in [-0.15, -0.1) is 9.24 Å². The van der Waals surface area contributed by atoms with Gasteiger partial charge >= 0.3 is 0 Å². The predicted octanol–water partition coefficient (Wildman–Crippen LogP) is 6.69. The predicted molar refractivity (Wildman–Crippen MR) is 129 cm³/mol. The largest absolute Gasteiger partial charge is 0.289 e. The van der Waals surface area contributed by atoms with E-state index in [-0.39, 0.29) is 11.6 Å². The third-order valence-electron chi connectivity index (χ3n) is 5.63. The Morgan fingerprint density at radius 2 is 0.935 bits per heavy atom. The van der Waals surface area contributed by atoms with Crippen LogP contribution in [0.1, 0.15) is 26.3 Å². The van der Waals surface area contributed by atoms with Crippen molar-refractivity contribution in [3.63, 3.8) is 0 Å². The molecule has 0 fully saturated rings. The highest BCUT2D eigenvalue weighted by atomic mass is 31.0. The van der Waals surface area contributed by atoms with Gasteiger partial charge in [0.05, 0.1) is 0 Å². The van der Waals surface area contributed by atoms with Gasteiger partial charge in [-0.1, -0.05) is 97.1 Å². The van der Waals surface area contributed by atoms with Crippen LogP contribution in [0.2, 0.25) is 0 Å². The van der Waals surface area contributed by atoms with E-state index >= 15 is 0 Å². The first-order valence-corrected chi connectivity index (χ1v) is 10.7. The van der Waals surface area contributed by atoms with Gasteiger partial charge in [-0.05, 0) is 28.3 Å². The molecular weight excluding hydrogens is 399 g/mol. The van der Waals surface area contributed by atoms with Crippen LogP contribution in [0.15, 0.2) is 108 Å². The van der Waals surface area contributed by atoms with Crippen LogP contribution in [0.5, 0.6) is 0 Å². The van der Waals surface area contributed by atoms with Crippen molar-refractivity contribution < 1.29 is 9.59 Å². The molecule has 2 nitrogen and oxygen atoms in total. The van der Waals surface area contributed by atoms with E-state index < -0.39 is 0 Å². The summed E-state index contributed by atoms with van der Waals surface area (Å²) < 4.78 is 0. The molecule has 0 saturated carbocycles. The standard InChI is InChI=1S/C28H19O2P/c29-26-22-17-16-21(18-10-4-1-5-11-18)23(19-12-6-2-7-13-19)25(22)27(30)24(28(26)31)20-14-8-3-9-15-20/h1-17H,31H2. The van der Waals surface area contributed by atoms with Crippen LogP contribution in [-0.4, -0.2) is 11.6 Å². The maximum Gasteiger partial charge on any atom is 0.195 e. The first-order valence-electron chi connectivity index (χ1n) is 10.1. The molecule has 0 aromatic heterocycles. The van der Waals surface area contributed by atoms with Gasteiger partial charge in [0.15, 0.2) is 11.6 Å². The van der Waals surface area contributed by atoms with Crippen molar-refractivity contribution in [3.8, 4) is 22.3 Å². The number of fused-ring (bicyclic) bond motifs is 1. The van der Waals surface area contributed by atoms with Gasteiger partial charge in [-0.3, -0.25) is 9.59 Å². The monoisotopic (exact) mass is 418 g/mol. The zero-order chi connectivity index (χ0) is 21.4. The number of hydrogen-bond donors (Lipinski definition) is 0. The second kappa shape index (κ2) is 7.91. The zero-order valence-electron chi connectivity index (χ0n) is 16.7. The number of hydrogen-bond acceptors (Lipinski definition) is 2. The number of Topliss-reactive ketones (excluding diaryl/α,β-unsaturated/α-hetero) is 2. The highest BCUT2D eigenvalue weighted by molar-refractivity contribution is 7.26. The molecule has 5 rings (SSSR count). The van der Waals surface area contributed by atoms with Gasteiger partial charge in [0.1, 0.15) is 0 Å². The average molecular weight is 418 g/mol. The Morgan fingerprint density at radius 1 is 0.452 bits per heavy atom. The summed E-state index contributed by atoms with van der Waals surface area (Å²) in [7, 11) is 2.49. The molecule has 0 aliphatic heterocycles. The quantitative estimate of drug-likeness (QED) is 0.348. The maximum atomic E-state index is 13.9.